The lowest BCUT2D eigenvalue weighted by Gasteiger charge is -2.03. The number of methoxy groups -OCH3 is 1. The highest BCUT2D eigenvalue weighted by molar-refractivity contribution is 5.90. The van der Waals surface area contributed by atoms with Crippen molar-refractivity contribution in [3.63, 3.8) is 0 Å². The van der Waals surface area contributed by atoms with Crippen molar-refractivity contribution in [2.75, 3.05) is 7.11 Å². The number of hydrogen-bond acceptors (Lipinski definition) is 4. The van der Waals surface area contributed by atoms with E-state index in [2.05, 4.69) is 14.7 Å². The summed E-state index contributed by atoms with van der Waals surface area (Å²) in [6, 6.07) is 0. The van der Waals surface area contributed by atoms with E-state index in [0.29, 0.717) is 12.1 Å². The average molecular weight is 176 g/mol. The first-order valence-corrected chi connectivity index (χ1v) is 3.91. The van der Waals surface area contributed by atoms with Crippen molar-refractivity contribution < 1.29 is 9.53 Å². The fraction of sp³-hybridized carbons (Fsp3) is 0.222. The fourth-order valence-corrected chi connectivity index (χ4v) is 1.33. The molecule has 0 aliphatic heterocycles. The molecule has 0 atom stereocenters. The van der Waals surface area contributed by atoms with Crippen molar-refractivity contribution in [3.05, 3.63) is 29.4 Å². The van der Waals surface area contributed by atoms with Crippen LogP contribution < -0.4 is 0 Å². The lowest BCUT2D eigenvalue weighted by atomic mass is 10.2. The molecule has 4 heteroatoms. The maximum absolute atomic E-state index is 11.2. The third-order valence-electron chi connectivity index (χ3n) is 1.96. The number of hydrogen-bond donors (Lipinski definition) is 0. The Morgan fingerprint density at radius 1 is 1.54 bits per heavy atom. The SMILES string of the molecule is COC(=O)c1ncnc2c1CC=C2. The molecule has 0 amide bonds. The Bertz CT molecular complexity index is 385. The Morgan fingerprint density at radius 3 is 3.15 bits per heavy atom. The Morgan fingerprint density at radius 2 is 2.38 bits per heavy atom. The molecule has 1 aliphatic carbocycles. The van der Waals surface area contributed by atoms with Gasteiger partial charge >= 0.3 is 5.97 Å². The molecule has 1 aromatic heterocycles. The summed E-state index contributed by atoms with van der Waals surface area (Å²) in [5.74, 6) is -0.401. The van der Waals surface area contributed by atoms with Gasteiger partial charge in [0.05, 0.1) is 12.8 Å². The number of esters is 1. The minimum absolute atomic E-state index is 0.373. The topological polar surface area (TPSA) is 52.1 Å². The molecule has 0 unspecified atom stereocenters. The van der Waals surface area contributed by atoms with E-state index in [-0.39, 0.29) is 0 Å². The van der Waals surface area contributed by atoms with Crippen LogP contribution in [0.4, 0.5) is 0 Å². The van der Waals surface area contributed by atoms with Gasteiger partial charge in [-0.15, -0.1) is 0 Å². The van der Waals surface area contributed by atoms with Crippen LogP contribution in [0.1, 0.15) is 21.7 Å². The first kappa shape index (κ1) is 7.91. The maximum Gasteiger partial charge on any atom is 0.357 e. The Hall–Kier alpha value is -1.71. The summed E-state index contributed by atoms with van der Waals surface area (Å²) in [5.41, 5.74) is 2.04. The molecule has 0 N–H and O–H groups in total. The van der Waals surface area contributed by atoms with E-state index in [1.807, 2.05) is 12.2 Å². The van der Waals surface area contributed by atoms with Crippen LogP contribution >= 0.6 is 0 Å². The standard InChI is InChI=1S/C9H8N2O2/c1-13-9(12)8-6-3-2-4-7(6)10-5-11-8/h2,4-5H,3H2,1H3. The molecule has 66 valence electrons. The van der Waals surface area contributed by atoms with Crippen molar-refractivity contribution in [1.29, 1.82) is 0 Å². The van der Waals surface area contributed by atoms with E-state index < -0.39 is 5.97 Å². The largest absolute Gasteiger partial charge is 0.464 e. The van der Waals surface area contributed by atoms with Gasteiger partial charge in [-0.25, -0.2) is 14.8 Å². The molecule has 0 radical (unpaired) electrons. The van der Waals surface area contributed by atoms with Gasteiger partial charge in [-0.2, -0.15) is 0 Å². The zero-order chi connectivity index (χ0) is 9.26. The number of fused-ring (bicyclic) bond motifs is 1. The summed E-state index contributed by atoms with van der Waals surface area (Å²) in [5, 5.41) is 0. The monoisotopic (exact) mass is 176 g/mol. The van der Waals surface area contributed by atoms with Crippen molar-refractivity contribution in [3.8, 4) is 0 Å². The van der Waals surface area contributed by atoms with Gasteiger partial charge in [-0.3, -0.25) is 0 Å². The summed E-state index contributed by atoms with van der Waals surface area (Å²) < 4.78 is 4.60. The first-order chi connectivity index (χ1) is 6.33. The van der Waals surface area contributed by atoms with Gasteiger partial charge in [0.1, 0.15) is 6.33 Å². The van der Waals surface area contributed by atoms with Gasteiger partial charge in [0, 0.05) is 5.56 Å². The van der Waals surface area contributed by atoms with Gasteiger partial charge in [0.15, 0.2) is 5.69 Å². The molecule has 0 spiro atoms. The highest BCUT2D eigenvalue weighted by atomic mass is 16.5. The third-order valence-corrected chi connectivity index (χ3v) is 1.96. The van der Waals surface area contributed by atoms with Crippen LogP contribution in [-0.2, 0) is 11.2 Å². The second kappa shape index (κ2) is 2.97. The molecule has 1 heterocycles. The predicted molar refractivity (Wildman–Crippen MR) is 46.1 cm³/mol. The van der Waals surface area contributed by atoms with Crippen LogP contribution in [0.3, 0.4) is 0 Å². The number of carbonyl (C=O) groups is 1. The van der Waals surface area contributed by atoms with Crippen molar-refractivity contribution >= 4 is 12.0 Å². The third kappa shape index (κ3) is 1.20. The van der Waals surface area contributed by atoms with Crippen molar-refractivity contribution in [2.24, 2.45) is 0 Å². The first-order valence-electron chi connectivity index (χ1n) is 3.91. The zero-order valence-electron chi connectivity index (χ0n) is 7.15. The fourth-order valence-electron chi connectivity index (χ4n) is 1.33. The van der Waals surface area contributed by atoms with Crippen LogP contribution in [-0.4, -0.2) is 23.0 Å². The molecule has 1 aliphatic rings. The molecule has 4 nitrogen and oxygen atoms in total. The van der Waals surface area contributed by atoms with Crippen molar-refractivity contribution in [2.45, 2.75) is 6.42 Å². The van der Waals surface area contributed by atoms with E-state index >= 15 is 0 Å². The number of ether oxygens (including phenoxy) is 1. The van der Waals surface area contributed by atoms with Gasteiger partial charge < -0.3 is 4.74 Å². The number of nitrogens with zero attached hydrogens (tertiary/aromatic N) is 2. The molecular weight excluding hydrogens is 168 g/mol. The second-order valence-corrected chi connectivity index (χ2v) is 2.68. The number of aromatic nitrogens is 2. The zero-order valence-corrected chi connectivity index (χ0v) is 7.15. The Kier molecular flexibility index (Phi) is 1.81. The minimum Gasteiger partial charge on any atom is -0.464 e. The molecule has 0 aromatic carbocycles. The van der Waals surface area contributed by atoms with Gasteiger partial charge in [-0.05, 0) is 12.5 Å². The molecule has 13 heavy (non-hydrogen) atoms. The van der Waals surface area contributed by atoms with Gasteiger partial charge in [-0.1, -0.05) is 6.08 Å². The normalized spacial score (nSPS) is 12.7. The number of allylic oxidation sites excluding steroid dienone is 1. The summed E-state index contributed by atoms with van der Waals surface area (Å²) in [7, 11) is 1.35. The van der Waals surface area contributed by atoms with E-state index in [1.54, 1.807) is 0 Å². The molecule has 0 bridgehead atoms. The molecule has 1 aromatic rings. The smallest absolute Gasteiger partial charge is 0.357 e. The second-order valence-electron chi connectivity index (χ2n) is 2.68. The van der Waals surface area contributed by atoms with Gasteiger partial charge in [0.2, 0.25) is 0 Å². The maximum atomic E-state index is 11.2. The molecule has 2 rings (SSSR count). The summed E-state index contributed by atoms with van der Waals surface area (Å²) >= 11 is 0. The Balaban J connectivity index is 2.50. The number of carbonyl (C=O) groups excluding carboxylic acids is 1. The molecule has 0 saturated heterocycles. The van der Waals surface area contributed by atoms with E-state index in [1.165, 1.54) is 13.4 Å². The molecule has 0 fully saturated rings. The van der Waals surface area contributed by atoms with Crippen LogP contribution in [0.5, 0.6) is 0 Å². The van der Waals surface area contributed by atoms with Crippen LogP contribution in [0.25, 0.3) is 6.08 Å². The highest BCUT2D eigenvalue weighted by Crippen LogP contribution is 2.19. The van der Waals surface area contributed by atoms with Crippen LogP contribution in [0.15, 0.2) is 12.4 Å². The lowest BCUT2D eigenvalue weighted by molar-refractivity contribution is 0.0592. The highest BCUT2D eigenvalue weighted by Gasteiger charge is 2.18. The quantitative estimate of drug-likeness (QED) is 0.595. The van der Waals surface area contributed by atoms with Crippen molar-refractivity contribution in [1.82, 2.24) is 9.97 Å². The predicted octanol–water partition coefficient (Wildman–Crippen LogP) is 0.833. The molecular formula is C9H8N2O2. The number of rotatable bonds is 1. The van der Waals surface area contributed by atoms with Gasteiger partial charge in [0.25, 0.3) is 0 Å². The van der Waals surface area contributed by atoms with Crippen LogP contribution in [0.2, 0.25) is 0 Å². The average Bonchev–Trinajstić information content (AvgIpc) is 2.63. The van der Waals surface area contributed by atoms with Crippen LogP contribution in [0, 0.1) is 0 Å². The van der Waals surface area contributed by atoms with E-state index in [9.17, 15) is 4.79 Å². The minimum atomic E-state index is -0.401. The summed E-state index contributed by atoms with van der Waals surface area (Å²) in [6.07, 6.45) is 5.91. The molecule has 0 saturated carbocycles. The van der Waals surface area contributed by atoms with E-state index in [4.69, 9.17) is 0 Å². The van der Waals surface area contributed by atoms with E-state index in [0.717, 1.165) is 11.3 Å². The summed E-state index contributed by atoms with van der Waals surface area (Å²) in [6.45, 7) is 0. The summed E-state index contributed by atoms with van der Waals surface area (Å²) in [4.78, 5) is 19.2. The Labute approximate surface area is 75.3 Å². The lowest BCUT2D eigenvalue weighted by Crippen LogP contribution is -2.09.